The molecule has 0 radical (unpaired) electrons. The van der Waals surface area contributed by atoms with Gasteiger partial charge in [-0.15, -0.1) is 0 Å². The van der Waals surface area contributed by atoms with Gasteiger partial charge in [0.05, 0.1) is 13.2 Å². The zero-order chi connectivity index (χ0) is 11.4. The van der Waals surface area contributed by atoms with Crippen molar-refractivity contribution in [3.63, 3.8) is 0 Å². The van der Waals surface area contributed by atoms with Crippen molar-refractivity contribution in [3.05, 3.63) is 35.9 Å². The van der Waals surface area contributed by atoms with Crippen LogP contribution < -0.4 is 0 Å². The maximum atomic E-state index is 11.4. The van der Waals surface area contributed by atoms with Crippen LogP contribution in [0.15, 0.2) is 35.3 Å². The van der Waals surface area contributed by atoms with Gasteiger partial charge in [-0.05, 0) is 19.1 Å². The molecule has 0 bridgehead atoms. The maximum Gasteiger partial charge on any atom is 0.349 e. The molecule has 0 aromatic heterocycles. The SMILES string of the molecule is CCOC(=O)C1CN=C(c2ccccc2)O1. The lowest BCUT2D eigenvalue weighted by atomic mass is 10.2. The maximum absolute atomic E-state index is 11.4. The number of rotatable bonds is 3. The minimum atomic E-state index is -0.588. The Kier molecular flexibility index (Phi) is 3.19. The molecule has 84 valence electrons. The molecule has 0 N–H and O–H groups in total. The Balaban J connectivity index is 2.00. The molecule has 0 spiro atoms. The number of benzene rings is 1. The van der Waals surface area contributed by atoms with Crippen molar-refractivity contribution in [1.82, 2.24) is 0 Å². The standard InChI is InChI=1S/C12H13NO3/c1-2-15-12(14)10-8-13-11(16-10)9-6-4-3-5-7-9/h3-7,10H,2,8H2,1H3. The molecule has 0 saturated heterocycles. The topological polar surface area (TPSA) is 47.9 Å². The van der Waals surface area contributed by atoms with Gasteiger partial charge in [0.25, 0.3) is 0 Å². The molecule has 1 atom stereocenters. The van der Waals surface area contributed by atoms with Gasteiger partial charge in [0.1, 0.15) is 0 Å². The molecule has 1 aliphatic heterocycles. The number of hydrogen-bond donors (Lipinski definition) is 0. The zero-order valence-corrected chi connectivity index (χ0v) is 9.05. The molecule has 1 aromatic rings. The highest BCUT2D eigenvalue weighted by Gasteiger charge is 2.28. The van der Waals surface area contributed by atoms with Crippen LogP contribution in [0.3, 0.4) is 0 Å². The first kappa shape index (κ1) is 10.7. The first-order valence-electron chi connectivity index (χ1n) is 5.24. The van der Waals surface area contributed by atoms with Crippen molar-refractivity contribution in [2.45, 2.75) is 13.0 Å². The van der Waals surface area contributed by atoms with Gasteiger partial charge in [-0.25, -0.2) is 9.79 Å². The van der Waals surface area contributed by atoms with Crippen LogP contribution in [0.2, 0.25) is 0 Å². The van der Waals surface area contributed by atoms with E-state index in [2.05, 4.69) is 4.99 Å². The van der Waals surface area contributed by atoms with Gasteiger partial charge in [-0.3, -0.25) is 0 Å². The zero-order valence-electron chi connectivity index (χ0n) is 9.05. The number of carbonyl (C=O) groups is 1. The Bertz CT molecular complexity index is 400. The van der Waals surface area contributed by atoms with Gasteiger partial charge in [0.2, 0.25) is 12.0 Å². The van der Waals surface area contributed by atoms with Gasteiger partial charge in [0, 0.05) is 5.56 Å². The third-order valence-electron chi connectivity index (χ3n) is 2.22. The van der Waals surface area contributed by atoms with Crippen LogP contribution in [-0.4, -0.2) is 31.1 Å². The molecular formula is C12H13NO3. The first-order valence-corrected chi connectivity index (χ1v) is 5.24. The summed E-state index contributed by atoms with van der Waals surface area (Å²) in [6.45, 7) is 2.47. The Morgan fingerprint density at radius 1 is 1.50 bits per heavy atom. The number of hydrogen-bond acceptors (Lipinski definition) is 4. The second kappa shape index (κ2) is 4.79. The van der Waals surface area contributed by atoms with E-state index in [0.717, 1.165) is 5.56 Å². The molecule has 4 heteroatoms. The van der Waals surface area contributed by atoms with Crippen LogP contribution in [0.4, 0.5) is 0 Å². The number of carbonyl (C=O) groups excluding carboxylic acids is 1. The van der Waals surface area contributed by atoms with Crippen molar-refractivity contribution in [1.29, 1.82) is 0 Å². The van der Waals surface area contributed by atoms with Crippen molar-refractivity contribution < 1.29 is 14.3 Å². The summed E-state index contributed by atoms with van der Waals surface area (Å²) >= 11 is 0. The second-order valence-corrected chi connectivity index (χ2v) is 3.37. The highest BCUT2D eigenvalue weighted by atomic mass is 16.6. The van der Waals surface area contributed by atoms with E-state index < -0.39 is 6.10 Å². The molecule has 1 aromatic carbocycles. The summed E-state index contributed by atoms with van der Waals surface area (Å²) in [5.74, 6) is 0.163. The van der Waals surface area contributed by atoms with E-state index >= 15 is 0 Å². The Morgan fingerprint density at radius 3 is 2.94 bits per heavy atom. The molecule has 16 heavy (non-hydrogen) atoms. The summed E-state index contributed by atoms with van der Waals surface area (Å²) < 4.78 is 10.3. The number of ether oxygens (including phenoxy) is 2. The molecule has 0 saturated carbocycles. The fourth-order valence-electron chi connectivity index (χ4n) is 1.47. The minimum Gasteiger partial charge on any atom is -0.463 e. The number of aliphatic imine (C=N–C) groups is 1. The average molecular weight is 219 g/mol. The summed E-state index contributed by atoms with van der Waals surface area (Å²) in [6, 6.07) is 9.51. The van der Waals surface area contributed by atoms with Gasteiger partial charge < -0.3 is 9.47 Å². The normalized spacial score (nSPS) is 18.8. The van der Waals surface area contributed by atoms with Crippen LogP contribution in [0.25, 0.3) is 0 Å². The van der Waals surface area contributed by atoms with Gasteiger partial charge in [-0.1, -0.05) is 18.2 Å². The van der Waals surface area contributed by atoms with E-state index in [1.165, 1.54) is 0 Å². The van der Waals surface area contributed by atoms with E-state index in [1.807, 2.05) is 30.3 Å². The van der Waals surface area contributed by atoms with E-state index in [1.54, 1.807) is 6.92 Å². The third-order valence-corrected chi connectivity index (χ3v) is 2.22. The van der Waals surface area contributed by atoms with Crippen LogP contribution in [0.1, 0.15) is 12.5 Å². The van der Waals surface area contributed by atoms with Crippen LogP contribution in [0, 0.1) is 0 Å². The molecule has 0 aliphatic carbocycles. The van der Waals surface area contributed by atoms with Crippen molar-refractivity contribution in [2.24, 2.45) is 4.99 Å². The average Bonchev–Trinajstić information content (AvgIpc) is 2.80. The van der Waals surface area contributed by atoms with Crippen LogP contribution >= 0.6 is 0 Å². The molecule has 4 nitrogen and oxygen atoms in total. The highest BCUT2D eigenvalue weighted by molar-refractivity contribution is 5.97. The third kappa shape index (κ3) is 2.21. The Morgan fingerprint density at radius 2 is 2.25 bits per heavy atom. The van der Waals surface area contributed by atoms with E-state index in [4.69, 9.17) is 9.47 Å². The number of esters is 1. The predicted molar refractivity (Wildman–Crippen MR) is 59.4 cm³/mol. The lowest BCUT2D eigenvalue weighted by Gasteiger charge is -2.09. The quantitative estimate of drug-likeness (QED) is 0.722. The summed E-state index contributed by atoms with van der Waals surface area (Å²) in [5, 5.41) is 0. The van der Waals surface area contributed by atoms with E-state index in [0.29, 0.717) is 19.0 Å². The predicted octanol–water partition coefficient (Wildman–Crippen LogP) is 1.40. The summed E-state index contributed by atoms with van der Waals surface area (Å²) in [6.07, 6.45) is -0.588. The minimum absolute atomic E-state index is 0.336. The Hall–Kier alpha value is -1.84. The fourth-order valence-corrected chi connectivity index (χ4v) is 1.47. The van der Waals surface area contributed by atoms with Gasteiger partial charge in [-0.2, -0.15) is 0 Å². The smallest absolute Gasteiger partial charge is 0.349 e. The van der Waals surface area contributed by atoms with Crippen LogP contribution in [-0.2, 0) is 14.3 Å². The van der Waals surface area contributed by atoms with Crippen molar-refractivity contribution in [3.8, 4) is 0 Å². The summed E-state index contributed by atoms with van der Waals surface area (Å²) in [4.78, 5) is 15.6. The molecule has 1 heterocycles. The van der Waals surface area contributed by atoms with E-state index in [9.17, 15) is 4.79 Å². The highest BCUT2D eigenvalue weighted by Crippen LogP contribution is 2.13. The van der Waals surface area contributed by atoms with Gasteiger partial charge >= 0.3 is 5.97 Å². The van der Waals surface area contributed by atoms with Gasteiger partial charge in [0.15, 0.2) is 0 Å². The summed E-state index contributed by atoms with van der Waals surface area (Å²) in [5.41, 5.74) is 0.884. The molecule has 0 amide bonds. The van der Waals surface area contributed by atoms with Crippen molar-refractivity contribution >= 4 is 11.9 Å². The lowest BCUT2D eigenvalue weighted by Crippen LogP contribution is -2.27. The fraction of sp³-hybridized carbons (Fsp3) is 0.333. The molecule has 1 unspecified atom stereocenters. The second-order valence-electron chi connectivity index (χ2n) is 3.37. The Labute approximate surface area is 93.9 Å². The molecular weight excluding hydrogens is 206 g/mol. The molecule has 2 rings (SSSR count). The molecule has 0 fully saturated rings. The van der Waals surface area contributed by atoms with E-state index in [-0.39, 0.29) is 5.97 Å². The number of nitrogens with zero attached hydrogens (tertiary/aromatic N) is 1. The summed E-state index contributed by atoms with van der Waals surface area (Å²) in [7, 11) is 0. The molecule has 1 aliphatic rings. The van der Waals surface area contributed by atoms with Crippen molar-refractivity contribution in [2.75, 3.05) is 13.2 Å². The van der Waals surface area contributed by atoms with Crippen LogP contribution in [0.5, 0.6) is 0 Å². The largest absolute Gasteiger partial charge is 0.463 e. The first-order chi connectivity index (χ1) is 7.81. The monoisotopic (exact) mass is 219 g/mol. The lowest BCUT2D eigenvalue weighted by molar-refractivity contribution is -0.150.